The highest BCUT2D eigenvalue weighted by molar-refractivity contribution is 5.70. The Morgan fingerprint density at radius 2 is 1.79 bits per heavy atom. The molecule has 0 amide bonds. The summed E-state index contributed by atoms with van der Waals surface area (Å²) in [5.41, 5.74) is 3.77. The lowest BCUT2D eigenvalue weighted by atomic mass is 10.0. The number of rotatable bonds is 1. The van der Waals surface area contributed by atoms with Crippen molar-refractivity contribution in [1.82, 2.24) is 9.78 Å². The fourth-order valence-electron chi connectivity index (χ4n) is 1.55. The first-order valence-corrected chi connectivity index (χ1v) is 6.70. The Kier molecular flexibility index (Phi) is 7.95. The minimum absolute atomic E-state index is 0.689. The molecule has 0 aliphatic heterocycles. The normalized spacial score (nSPS) is 8.47. The van der Waals surface area contributed by atoms with Crippen LogP contribution in [0.4, 0.5) is 0 Å². The number of hydrogen-bond donors (Lipinski definition) is 0. The standard InChI is InChI=1S/C12H11N3.2C2H6/c1-9-3-4-10(6-13)12(5-9)11-7-14-15(2)8-11;2*1-2/h3-5,7-8H,1-2H3;2*1-2H3. The molecule has 1 aromatic heterocycles. The molecule has 0 N–H and O–H groups in total. The van der Waals surface area contributed by atoms with Crippen LogP contribution in [-0.4, -0.2) is 9.78 Å². The maximum atomic E-state index is 9.00. The third-order valence-electron chi connectivity index (χ3n) is 2.31. The molecule has 2 aromatic rings. The van der Waals surface area contributed by atoms with Crippen molar-refractivity contribution in [1.29, 1.82) is 5.26 Å². The van der Waals surface area contributed by atoms with E-state index in [4.69, 9.17) is 5.26 Å². The van der Waals surface area contributed by atoms with Crippen LogP contribution < -0.4 is 0 Å². The second-order valence-corrected chi connectivity index (χ2v) is 3.56. The van der Waals surface area contributed by atoms with E-state index in [-0.39, 0.29) is 0 Å². The van der Waals surface area contributed by atoms with Crippen molar-refractivity contribution in [2.75, 3.05) is 0 Å². The van der Waals surface area contributed by atoms with Crippen LogP contribution in [0.2, 0.25) is 0 Å². The predicted octanol–water partition coefficient (Wildman–Crippen LogP) is 4.32. The fraction of sp³-hybridized carbons (Fsp3) is 0.375. The van der Waals surface area contributed by atoms with E-state index in [2.05, 4.69) is 11.2 Å². The van der Waals surface area contributed by atoms with Gasteiger partial charge in [0, 0.05) is 24.4 Å². The molecule has 0 saturated heterocycles. The van der Waals surface area contributed by atoms with Gasteiger partial charge >= 0.3 is 0 Å². The number of hydrogen-bond acceptors (Lipinski definition) is 2. The van der Waals surface area contributed by atoms with E-state index in [9.17, 15) is 0 Å². The van der Waals surface area contributed by atoms with E-state index in [0.29, 0.717) is 5.56 Å². The summed E-state index contributed by atoms with van der Waals surface area (Å²) in [6.07, 6.45) is 3.69. The molecule has 19 heavy (non-hydrogen) atoms. The minimum Gasteiger partial charge on any atom is -0.275 e. The van der Waals surface area contributed by atoms with Crippen molar-refractivity contribution in [3.8, 4) is 17.2 Å². The lowest BCUT2D eigenvalue weighted by Crippen LogP contribution is -1.86. The lowest BCUT2D eigenvalue weighted by molar-refractivity contribution is 0.768. The Bertz CT molecular complexity index is 533. The average molecular weight is 257 g/mol. The van der Waals surface area contributed by atoms with Gasteiger partial charge in [-0.2, -0.15) is 10.4 Å². The highest BCUT2D eigenvalue weighted by Gasteiger charge is 2.06. The molecule has 102 valence electrons. The Labute approximate surface area is 116 Å². The molecular weight excluding hydrogens is 234 g/mol. The number of aryl methyl sites for hydroxylation is 2. The third kappa shape index (κ3) is 4.59. The van der Waals surface area contributed by atoms with Crippen LogP contribution in [0.5, 0.6) is 0 Å². The molecule has 3 nitrogen and oxygen atoms in total. The summed E-state index contributed by atoms with van der Waals surface area (Å²) in [6, 6.07) is 7.99. The highest BCUT2D eigenvalue weighted by atomic mass is 15.2. The van der Waals surface area contributed by atoms with E-state index >= 15 is 0 Å². The van der Waals surface area contributed by atoms with Crippen molar-refractivity contribution in [2.45, 2.75) is 34.6 Å². The Morgan fingerprint density at radius 1 is 1.16 bits per heavy atom. The quantitative estimate of drug-likeness (QED) is 0.763. The zero-order valence-corrected chi connectivity index (χ0v) is 12.7. The largest absolute Gasteiger partial charge is 0.275 e. The molecule has 0 unspecified atom stereocenters. The summed E-state index contributed by atoms with van der Waals surface area (Å²) in [4.78, 5) is 0. The highest BCUT2D eigenvalue weighted by Crippen LogP contribution is 2.23. The SMILES string of the molecule is CC.CC.Cc1ccc(C#N)c(-c2cnn(C)c2)c1. The van der Waals surface area contributed by atoms with Gasteiger partial charge in [-0.1, -0.05) is 39.3 Å². The van der Waals surface area contributed by atoms with E-state index in [1.807, 2.05) is 66.1 Å². The van der Waals surface area contributed by atoms with E-state index < -0.39 is 0 Å². The Morgan fingerprint density at radius 3 is 2.26 bits per heavy atom. The molecule has 0 atom stereocenters. The molecule has 0 aliphatic carbocycles. The van der Waals surface area contributed by atoms with Crippen LogP contribution in [-0.2, 0) is 7.05 Å². The van der Waals surface area contributed by atoms with Gasteiger partial charge < -0.3 is 0 Å². The first-order valence-electron chi connectivity index (χ1n) is 6.70. The molecular formula is C16H23N3. The van der Waals surface area contributed by atoms with Crippen LogP contribution in [0.1, 0.15) is 38.8 Å². The number of benzene rings is 1. The number of nitriles is 1. The zero-order chi connectivity index (χ0) is 14.8. The summed E-state index contributed by atoms with van der Waals surface area (Å²) in [5, 5.41) is 13.1. The summed E-state index contributed by atoms with van der Waals surface area (Å²) in [5.74, 6) is 0. The second kappa shape index (κ2) is 8.93. The molecule has 0 bridgehead atoms. The van der Waals surface area contributed by atoms with Crippen molar-refractivity contribution >= 4 is 0 Å². The zero-order valence-electron chi connectivity index (χ0n) is 12.7. The summed E-state index contributed by atoms with van der Waals surface area (Å²) in [7, 11) is 1.87. The lowest BCUT2D eigenvalue weighted by Gasteiger charge is -2.01. The van der Waals surface area contributed by atoms with Gasteiger partial charge in [-0.15, -0.1) is 0 Å². The number of nitrogens with zero attached hydrogens (tertiary/aromatic N) is 3. The molecule has 2 rings (SSSR count). The third-order valence-corrected chi connectivity index (χ3v) is 2.31. The van der Waals surface area contributed by atoms with Crippen molar-refractivity contribution in [3.05, 3.63) is 41.7 Å². The summed E-state index contributed by atoms with van der Waals surface area (Å²) >= 11 is 0. The van der Waals surface area contributed by atoms with Crippen LogP contribution in [0.15, 0.2) is 30.6 Å². The van der Waals surface area contributed by atoms with Crippen LogP contribution in [0.25, 0.3) is 11.1 Å². The topological polar surface area (TPSA) is 41.6 Å². The van der Waals surface area contributed by atoms with E-state index in [1.54, 1.807) is 10.9 Å². The van der Waals surface area contributed by atoms with Crippen molar-refractivity contribution < 1.29 is 0 Å². The van der Waals surface area contributed by atoms with Gasteiger partial charge in [0.1, 0.15) is 0 Å². The molecule has 0 radical (unpaired) electrons. The van der Waals surface area contributed by atoms with Crippen LogP contribution in [0, 0.1) is 18.3 Å². The predicted molar refractivity (Wildman–Crippen MR) is 80.8 cm³/mol. The number of aromatic nitrogens is 2. The van der Waals surface area contributed by atoms with Crippen molar-refractivity contribution in [2.24, 2.45) is 7.05 Å². The van der Waals surface area contributed by atoms with E-state index in [0.717, 1.165) is 16.7 Å². The first-order chi connectivity index (χ1) is 9.20. The Balaban J connectivity index is 0.000000741. The average Bonchev–Trinajstić information content (AvgIpc) is 2.90. The monoisotopic (exact) mass is 257 g/mol. The van der Waals surface area contributed by atoms with Crippen LogP contribution >= 0.6 is 0 Å². The smallest absolute Gasteiger partial charge is 0.0998 e. The molecule has 0 fully saturated rings. The molecule has 1 aromatic carbocycles. The van der Waals surface area contributed by atoms with Crippen molar-refractivity contribution in [3.63, 3.8) is 0 Å². The maximum absolute atomic E-state index is 9.00. The van der Waals surface area contributed by atoms with Gasteiger partial charge in [-0.05, 0) is 19.1 Å². The molecule has 0 spiro atoms. The summed E-state index contributed by atoms with van der Waals surface area (Å²) < 4.78 is 1.73. The van der Waals surface area contributed by atoms with Crippen LogP contribution in [0.3, 0.4) is 0 Å². The Hall–Kier alpha value is -2.08. The first kappa shape index (κ1) is 16.9. The van der Waals surface area contributed by atoms with Gasteiger partial charge in [0.15, 0.2) is 0 Å². The molecule has 0 aliphatic rings. The van der Waals surface area contributed by atoms with Gasteiger partial charge in [-0.25, -0.2) is 0 Å². The van der Waals surface area contributed by atoms with E-state index in [1.165, 1.54) is 0 Å². The summed E-state index contributed by atoms with van der Waals surface area (Å²) in [6.45, 7) is 10.0. The molecule has 1 heterocycles. The molecule has 3 heteroatoms. The molecule has 0 saturated carbocycles. The maximum Gasteiger partial charge on any atom is 0.0998 e. The van der Waals surface area contributed by atoms with Gasteiger partial charge in [0.05, 0.1) is 17.8 Å². The minimum atomic E-state index is 0.689. The van der Waals surface area contributed by atoms with Gasteiger partial charge in [0.2, 0.25) is 0 Å². The fourth-order valence-corrected chi connectivity index (χ4v) is 1.55. The van der Waals surface area contributed by atoms with Gasteiger partial charge in [-0.3, -0.25) is 4.68 Å². The van der Waals surface area contributed by atoms with Gasteiger partial charge in [0.25, 0.3) is 0 Å². The second-order valence-electron chi connectivity index (χ2n) is 3.56.